The van der Waals surface area contributed by atoms with E-state index in [0.29, 0.717) is 12.3 Å². The zero-order valence-electron chi connectivity index (χ0n) is 11.2. The lowest BCUT2D eigenvalue weighted by atomic mass is 10.1. The largest absolute Gasteiger partial charge is 0.340 e. The van der Waals surface area contributed by atoms with Crippen molar-refractivity contribution in [3.63, 3.8) is 0 Å². The summed E-state index contributed by atoms with van der Waals surface area (Å²) in [5.41, 5.74) is 7.12. The number of nitrogens with zero attached hydrogens (tertiary/aromatic N) is 1. The summed E-state index contributed by atoms with van der Waals surface area (Å²) < 4.78 is 0. The maximum Gasteiger partial charge on any atom is 0.232 e. The number of piperidine rings is 1. The summed E-state index contributed by atoms with van der Waals surface area (Å²) in [6, 6.07) is 8.33. The fourth-order valence-corrected chi connectivity index (χ4v) is 3.12. The lowest BCUT2D eigenvalue weighted by Crippen LogP contribution is -2.46. The highest BCUT2D eigenvalue weighted by atomic mass is 35.5. The molecule has 1 fully saturated rings. The molecule has 0 spiro atoms. The highest BCUT2D eigenvalue weighted by Gasteiger charge is 2.21. The molecule has 5 heteroatoms. The molecule has 1 aliphatic heterocycles. The Bertz CT molecular complexity index is 428. The molecule has 1 aliphatic rings. The van der Waals surface area contributed by atoms with Gasteiger partial charge in [-0.1, -0.05) is 18.2 Å². The van der Waals surface area contributed by atoms with E-state index >= 15 is 0 Å². The van der Waals surface area contributed by atoms with E-state index in [2.05, 4.69) is 19.1 Å². The summed E-state index contributed by atoms with van der Waals surface area (Å²) in [5.74, 6) is 0.718. The van der Waals surface area contributed by atoms with E-state index in [0.717, 1.165) is 19.4 Å². The van der Waals surface area contributed by atoms with Crippen molar-refractivity contribution in [3.8, 4) is 0 Å². The zero-order chi connectivity index (χ0) is 13.0. The number of hydrogen-bond donors (Lipinski definition) is 1. The van der Waals surface area contributed by atoms with E-state index in [9.17, 15) is 4.79 Å². The van der Waals surface area contributed by atoms with Crippen LogP contribution in [-0.2, 0) is 4.79 Å². The van der Waals surface area contributed by atoms with E-state index in [1.165, 1.54) is 10.5 Å². The predicted molar refractivity (Wildman–Crippen MR) is 82.9 cm³/mol. The topological polar surface area (TPSA) is 46.3 Å². The van der Waals surface area contributed by atoms with Gasteiger partial charge in [0.2, 0.25) is 5.91 Å². The highest BCUT2D eigenvalue weighted by Crippen LogP contribution is 2.22. The number of nitrogens with two attached hydrogens (primary N) is 1. The Morgan fingerprint density at radius 2 is 2.21 bits per heavy atom. The molecule has 2 N–H and O–H groups in total. The van der Waals surface area contributed by atoms with Crippen LogP contribution in [0.3, 0.4) is 0 Å². The zero-order valence-corrected chi connectivity index (χ0v) is 12.8. The van der Waals surface area contributed by atoms with Gasteiger partial charge in [0.05, 0.1) is 5.75 Å². The summed E-state index contributed by atoms with van der Waals surface area (Å²) in [7, 11) is 0. The van der Waals surface area contributed by atoms with E-state index in [-0.39, 0.29) is 24.4 Å². The summed E-state index contributed by atoms with van der Waals surface area (Å²) in [4.78, 5) is 15.2. The van der Waals surface area contributed by atoms with E-state index in [4.69, 9.17) is 5.73 Å². The lowest BCUT2D eigenvalue weighted by molar-refractivity contribution is -0.129. The van der Waals surface area contributed by atoms with Gasteiger partial charge >= 0.3 is 0 Å². The molecule has 106 valence electrons. The van der Waals surface area contributed by atoms with Gasteiger partial charge in [-0.3, -0.25) is 4.79 Å². The number of amides is 1. The number of halogens is 1. The van der Waals surface area contributed by atoms with Crippen molar-refractivity contribution in [2.45, 2.75) is 30.7 Å². The van der Waals surface area contributed by atoms with Crippen LogP contribution in [0.25, 0.3) is 0 Å². The number of benzene rings is 1. The second-order valence-corrected chi connectivity index (χ2v) is 5.81. The van der Waals surface area contributed by atoms with E-state index in [1.54, 1.807) is 11.8 Å². The Balaban J connectivity index is 0.00000180. The van der Waals surface area contributed by atoms with Crippen molar-refractivity contribution < 1.29 is 4.79 Å². The fourth-order valence-electron chi connectivity index (χ4n) is 2.19. The average molecular weight is 301 g/mol. The van der Waals surface area contributed by atoms with Gasteiger partial charge in [0.15, 0.2) is 0 Å². The van der Waals surface area contributed by atoms with Crippen molar-refractivity contribution in [1.82, 2.24) is 4.90 Å². The number of thioether (sulfide) groups is 1. The van der Waals surface area contributed by atoms with E-state index < -0.39 is 0 Å². The summed E-state index contributed by atoms with van der Waals surface area (Å²) >= 11 is 1.62. The van der Waals surface area contributed by atoms with Crippen LogP contribution in [0.5, 0.6) is 0 Å². The Morgan fingerprint density at radius 3 is 2.89 bits per heavy atom. The Morgan fingerprint density at radius 1 is 1.47 bits per heavy atom. The van der Waals surface area contributed by atoms with Crippen molar-refractivity contribution >= 4 is 30.1 Å². The van der Waals surface area contributed by atoms with Gasteiger partial charge in [0, 0.05) is 24.0 Å². The van der Waals surface area contributed by atoms with Gasteiger partial charge in [-0.2, -0.15) is 0 Å². The third-order valence-electron chi connectivity index (χ3n) is 3.26. The molecule has 1 unspecified atom stereocenters. The van der Waals surface area contributed by atoms with Crippen molar-refractivity contribution in [2.24, 2.45) is 5.73 Å². The van der Waals surface area contributed by atoms with Crippen LogP contribution in [0.1, 0.15) is 18.4 Å². The average Bonchev–Trinajstić information content (AvgIpc) is 2.37. The molecule has 1 saturated heterocycles. The third kappa shape index (κ3) is 4.71. The Labute approximate surface area is 125 Å². The molecule has 2 rings (SSSR count). The van der Waals surface area contributed by atoms with Crippen LogP contribution in [0.4, 0.5) is 0 Å². The molecule has 19 heavy (non-hydrogen) atoms. The molecule has 3 nitrogen and oxygen atoms in total. The predicted octanol–water partition coefficient (Wildman–Crippen LogP) is 2.46. The second-order valence-electron chi connectivity index (χ2n) is 4.80. The van der Waals surface area contributed by atoms with Crippen LogP contribution < -0.4 is 5.73 Å². The fraction of sp³-hybridized carbons (Fsp3) is 0.500. The maximum absolute atomic E-state index is 12.1. The van der Waals surface area contributed by atoms with Gasteiger partial charge in [-0.25, -0.2) is 0 Å². The molecule has 0 aliphatic carbocycles. The van der Waals surface area contributed by atoms with Gasteiger partial charge in [-0.15, -0.1) is 24.2 Å². The van der Waals surface area contributed by atoms with Crippen molar-refractivity contribution in [1.29, 1.82) is 0 Å². The normalized spacial score (nSPS) is 18.8. The van der Waals surface area contributed by atoms with Crippen LogP contribution in [0.2, 0.25) is 0 Å². The molecule has 0 aromatic heterocycles. The van der Waals surface area contributed by atoms with E-state index in [1.807, 2.05) is 17.0 Å². The molecule has 1 heterocycles. The van der Waals surface area contributed by atoms with Crippen molar-refractivity contribution in [2.75, 3.05) is 18.8 Å². The lowest BCUT2D eigenvalue weighted by Gasteiger charge is -2.30. The minimum atomic E-state index is 0. The molecule has 1 atom stereocenters. The first-order valence-electron chi connectivity index (χ1n) is 6.38. The van der Waals surface area contributed by atoms with Crippen molar-refractivity contribution in [3.05, 3.63) is 29.8 Å². The number of rotatable bonds is 3. The first-order valence-corrected chi connectivity index (χ1v) is 7.37. The van der Waals surface area contributed by atoms with Crippen LogP contribution in [0, 0.1) is 6.92 Å². The number of hydrogen-bond acceptors (Lipinski definition) is 3. The van der Waals surface area contributed by atoms with Gasteiger partial charge < -0.3 is 10.6 Å². The smallest absolute Gasteiger partial charge is 0.232 e. The molecule has 1 aromatic carbocycles. The number of likely N-dealkylation sites (tertiary alicyclic amines) is 1. The molecular weight excluding hydrogens is 280 g/mol. The Kier molecular flexibility index (Phi) is 6.69. The van der Waals surface area contributed by atoms with Crippen LogP contribution >= 0.6 is 24.2 Å². The number of carbonyl (C=O) groups excluding carboxylic acids is 1. The monoisotopic (exact) mass is 300 g/mol. The molecular formula is C14H21ClN2OS. The quantitative estimate of drug-likeness (QED) is 0.872. The minimum absolute atomic E-state index is 0. The summed E-state index contributed by atoms with van der Waals surface area (Å²) in [5, 5.41) is 0. The molecule has 1 amide bonds. The van der Waals surface area contributed by atoms with Gasteiger partial charge in [-0.05, 0) is 31.4 Å². The van der Waals surface area contributed by atoms with Gasteiger partial charge in [0.25, 0.3) is 0 Å². The minimum Gasteiger partial charge on any atom is -0.340 e. The summed E-state index contributed by atoms with van der Waals surface area (Å²) in [6.45, 7) is 3.65. The molecule has 1 aromatic rings. The second kappa shape index (κ2) is 7.78. The molecule has 0 radical (unpaired) electrons. The SMILES string of the molecule is Cc1ccccc1SCC(=O)N1CCCC(N)C1.Cl. The number of aryl methyl sites for hydroxylation is 1. The van der Waals surface area contributed by atoms with Crippen LogP contribution in [0.15, 0.2) is 29.2 Å². The Hall–Kier alpha value is -0.710. The third-order valence-corrected chi connectivity index (χ3v) is 4.42. The van der Waals surface area contributed by atoms with Gasteiger partial charge in [0.1, 0.15) is 0 Å². The molecule has 0 bridgehead atoms. The molecule has 0 saturated carbocycles. The summed E-state index contributed by atoms with van der Waals surface area (Å²) in [6.07, 6.45) is 2.07. The number of carbonyl (C=O) groups is 1. The van der Waals surface area contributed by atoms with Crippen LogP contribution in [-0.4, -0.2) is 35.7 Å². The standard InChI is InChI=1S/C14H20N2OS.ClH/c1-11-5-2-3-7-13(11)18-10-14(17)16-8-4-6-12(15)9-16;/h2-3,5,7,12H,4,6,8-10,15H2,1H3;1H. The first kappa shape index (κ1) is 16.3. The maximum atomic E-state index is 12.1. The highest BCUT2D eigenvalue weighted by molar-refractivity contribution is 8.00. The first-order chi connectivity index (χ1) is 8.66.